The minimum atomic E-state index is 0.901. The summed E-state index contributed by atoms with van der Waals surface area (Å²) in [4.78, 5) is 4.80. The summed E-state index contributed by atoms with van der Waals surface area (Å²) >= 11 is 1.84. The number of benzene rings is 4. The molecule has 0 spiro atoms. The van der Waals surface area contributed by atoms with Gasteiger partial charge in [0, 0.05) is 42.5 Å². The van der Waals surface area contributed by atoms with E-state index >= 15 is 0 Å². The van der Waals surface area contributed by atoms with E-state index in [1.807, 2.05) is 35.7 Å². The molecule has 0 N–H and O–H groups in total. The molecule has 4 aromatic heterocycles. The summed E-state index contributed by atoms with van der Waals surface area (Å²) in [6, 6.07) is 32.0. The Bertz CT molecular complexity index is 2040. The van der Waals surface area contributed by atoms with E-state index < -0.39 is 0 Å². The maximum atomic E-state index is 6.45. The van der Waals surface area contributed by atoms with Crippen LogP contribution in [-0.4, -0.2) is 9.55 Å². The standard InChI is InChI=1S/C29H16N2OS/c1-3-12-23-17(7-1)18-9-5-10-22(29(18)32-23)31-21-11-6-16-30-27(21)20-14-15-25-26(28(20)31)19-8-2-4-13-24(19)33-25/h1-16H. The molecule has 0 aliphatic heterocycles. The van der Waals surface area contributed by atoms with Crippen molar-refractivity contribution in [2.45, 2.75) is 0 Å². The molecule has 4 heteroatoms. The van der Waals surface area contributed by atoms with Crippen LogP contribution in [0.4, 0.5) is 0 Å². The van der Waals surface area contributed by atoms with Crippen LogP contribution in [0.25, 0.3) is 69.7 Å². The average Bonchev–Trinajstić information content (AvgIpc) is 3.53. The van der Waals surface area contributed by atoms with E-state index in [9.17, 15) is 0 Å². The molecule has 154 valence electrons. The highest BCUT2D eigenvalue weighted by Gasteiger charge is 2.21. The van der Waals surface area contributed by atoms with Crippen molar-refractivity contribution in [2.24, 2.45) is 0 Å². The number of hydrogen-bond donors (Lipinski definition) is 0. The molecule has 0 aliphatic rings. The Morgan fingerprint density at radius 1 is 0.667 bits per heavy atom. The number of nitrogens with zero attached hydrogens (tertiary/aromatic N) is 2. The molecule has 0 saturated carbocycles. The minimum absolute atomic E-state index is 0.901. The first-order valence-electron chi connectivity index (χ1n) is 11.0. The number of para-hydroxylation sites is 2. The third-order valence-electron chi connectivity index (χ3n) is 6.65. The Labute approximate surface area is 192 Å². The molecule has 8 rings (SSSR count). The van der Waals surface area contributed by atoms with E-state index in [1.54, 1.807) is 0 Å². The third kappa shape index (κ3) is 2.21. The highest BCUT2D eigenvalue weighted by atomic mass is 32.1. The van der Waals surface area contributed by atoms with Gasteiger partial charge in [-0.25, -0.2) is 0 Å². The summed E-state index contributed by atoms with van der Waals surface area (Å²) in [5.41, 5.74) is 6.13. The molecule has 0 saturated heterocycles. The zero-order valence-corrected chi connectivity index (χ0v) is 18.3. The number of fused-ring (bicyclic) bond motifs is 10. The lowest BCUT2D eigenvalue weighted by Gasteiger charge is -2.09. The van der Waals surface area contributed by atoms with Crippen LogP contribution < -0.4 is 0 Å². The van der Waals surface area contributed by atoms with E-state index in [4.69, 9.17) is 9.40 Å². The van der Waals surface area contributed by atoms with Gasteiger partial charge in [-0.05, 0) is 42.5 Å². The number of hydrogen-bond acceptors (Lipinski definition) is 3. The summed E-state index contributed by atoms with van der Waals surface area (Å²) in [5.74, 6) is 0. The Morgan fingerprint density at radius 3 is 2.48 bits per heavy atom. The van der Waals surface area contributed by atoms with Crippen molar-refractivity contribution in [3.63, 3.8) is 0 Å². The van der Waals surface area contributed by atoms with Gasteiger partial charge in [-0.3, -0.25) is 4.98 Å². The number of furan rings is 1. The van der Waals surface area contributed by atoms with Crippen molar-refractivity contribution < 1.29 is 4.42 Å². The largest absolute Gasteiger partial charge is 0.454 e. The van der Waals surface area contributed by atoms with Crippen LogP contribution in [0, 0.1) is 0 Å². The van der Waals surface area contributed by atoms with Crippen LogP contribution in [0.3, 0.4) is 0 Å². The lowest BCUT2D eigenvalue weighted by molar-refractivity contribution is 0.666. The highest BCUT2D eigenvalue weighted by molar-refractivity contribution is 7.26. The van der Waals surface area contributed by atoms with Gasteiger partial charge in [0.05, 0.1) is 22.2 Å². The fourth-order valence-corrected chi connectivity index (χ4v) is 6.39. The van der Waals surface area contributed by atoms with Gasteiger partial charge in [0.1, 0.15) is 5.58 Å². The van der Waals surface area contributed by atoms with Crippen molar-refractivity contribution in [3.8, 4) is 5.69 Å². The van der Waals surface area contributed by atoms with Crippen molar-refractivity contribution >= 4 is 75.4 Å². The zero-order chi connectivity index (χ0) is 21.5. The lowest BCUT2D eigenvalue weighted by Crippen LogP contribution is -1.94. The van der Waals surface area contributed by atoms with Crippen LogP contribution in [0.15, 0.2) is 102 Å². The molecule has 3 nitrogen and oxygen atoms in total. The van der Waals surface area contributed by atoms with E-state index in [0.717, 1.165) is 44.0 Å². The molecule has 0 amide bonds. The first-order valence-corrected chi connectivity index (χ1v) is 11.8. The molecular weight excluding hydrogens is 424 g/mol. The molecule has 0 atom stereocenters. The van der Waals surface area contributed by atoms with Gasteiger partial charge in [-0.1, -0.05) is 48.5 Å². The number of rotatable bonds is 1. The number of pyridine rings is 1. The van der Waals surface area contributed by atoms with E-state index in [0.29, 0.717) is 0 Å². The molecule has 0 aliphatic carbocycles. The van der Waals surface area contributed by atoms with Gasteiger partial charge in [-0.15, -0.1) is 11.3 Å². The SMILES string of the molecule is c1ccc2c(c1)oc1c(-n3c4cccnc4c4ccc5sc6ccccc6c5c43)cccc12. The zero-order valence-electron chi connectivity index (χ0n) is 17.4. The topological polar surface area (TPSA) is 31.0 Å². The molecule has 0 bridgehead atoms. The lowest BCUT2D eigenvalue weighted by atomic mass is 10.1. The Kier molecular flexibility index (Phi) is 3.28. The maximum Gasteiger partial charge on any atom is 0.159 e. The van der Waals surface area contributed by atoms with Gasteiger partial charge in [0.25, 0.3) is 0 Å². The van der Waals surface area contributed by atoms with Crippen molar-refractivity contribution in [3.05, 3.63) is 97.2 Å². The average molecular weight is 441 g/mol. The van der Waals surface area contributed by atoms with E-state index in [1.165, 1.54) is 25.7 Å². The summed E-state index contributed by atoms with van der Waals surface area (Å²) in [6.45, 7) is 0. The van der Waals surface area contributed by atoms with Crippen molar-refractivity contribution in [1.82, 2.24) is 9.55 Å². The predicted molar refractivity (Wildman–Crippen MR) is 139 cm³/mol. The van der Waals surface area contributed by atoms with Crippen molar-refractivity contribution in [2.75, 3.05) is 0 Å². The Balaban J connectivity index is 1.66. The second-order valence-electron chi connectivity index (χ2n) is 8.39. The monoisotopic (exact) mass is 440 g/mol. The Hall–Kier alpha value is -4.15. The van der Waals surface area contributed by atoms with Crippen LogP contribution in [0.5, 0.6) is 0 Å². The first kappa shape index (κ1) is 17.4. The third-order valence-corrected chi connectivity index (χ3v) is 7.78. The number of aromatic nitrogens is 2. The van der Waals surface area contributed by atoms with Gasteiger partial charge in [-0.2, -0.15) is 0 Å². The number of thiophene rings is 1. The summed E-state index contributed by atoms with van der Waals surface area (Å²) in [5, 5.41) is 5.99. The van der Waals surface area contributed by atoms with Crippen LogP contribution in [-0.2, 0) is 0 Å². The molecule has 8 aromatic rings. The first-order chi connectivity index (χ1) is 16.4. The Morgan fingerprint density at radius 2 is 1.52 bits per heavy atom. The smallest absolute Gasteiger partial charge is 0.159 e. The molecular formula is C29H16N2OS. The molecule has 4 aromatic carbocycles. The normalized spacial score (nSPS) is 12.2. The van der Waals surface area contributed by atoms with Crippen LogP contribution >= 0.6 is 11.3 Å². The molecule has 0 radical (unpaired) electrons. The predicted octanol–water partition coefficient (Wildman–Crippen LogP) is 8.45. The van der Waals surface area contributed by atoms with Crippen LogP contribution in [0.1, 0.15) is 0 Å². The second kappa shape index (κ2) is 6.21. The van der Waals surface area contributed by atoms with Gasteiger partial charge in [0.15, 0.2) is 5.58 Å². The van der Waals surface area contributed by atoms with Gasteiger partial charge >= 0.3 is 0 Å². The molecule has 0 unspecified atom stereocenters. The van der Waals surface area contributed by atoms with E-state index in [2.05, 4.69) is 77.4 Å². The quantitative estimate of drug-likeness (QED) is 0.256. The second-order valence-corrected chi connectivity index (χ2v) is 9.48. The molecule has 4 heterocycles. The molecule has 33 heavy (non-hydrogen) atoms. The van der Waals surface area contributed by atoms with Gasteiger partial charge in [0.2, 0.25) is 0 Å². The summed E-state index contributed by atoms with van der Waals surface area (Å²) in [6.07, 6.45) is 1.88. The summed E-state index contributed by atoms with van der Waals surface area (Å²) < 4.78 is 11.4. The van der Waals surface area contributed by atoms with E-state index in [-0.39, 0.29) is 0 Å². The minimum Gasteiger partial charge on any atom is -0.454 e. The fraction of sp³-hybridized carbons (Fsp3) is 0. The maximum absolute atomic E-state index is 6.45. The van der Waals surface area contributed by atoms with Crippen LogP contribution in [0.2, 0.25) is 0 Å². The molecule has 0 fully saturated rings. The van der Waals surface area contributed by atoms with Crippen molar-refractivity contribution in [1.29, 1.82) is 0 Å². The summed E-state index contributed by atoms with van der Waals surface area (Å²) in [7, 11) is 0. The highest BCUT2D eigenvalue weighted by Crippen LogP contribution is 2.43. The van der Waals surface area contributed by atoms with Gasteiger partial charge < -0.3 is 8.98 Å². The fourth-order valence-electron chi connectivity index (χ4n) is 5.29.